The van der Waals surface area contributed by atoms with Crippen molar-refractivity contribution in [1.29, 1.82) is 0 Å². The van der Waals surface area contributed by atoms with E-state index in [1.165, 1.54) is 0 Å². The van der Waals surface area contributed by atoms with Crippen LogP contribution in [-0.4, -0.2) is 38.4 Å². The first-order valence-corrected chi connectivity index (χ1v) is 14.1. The van der Waals surface area contributed by atoms with Crippen LogP contribution in [0.2, 0.25) is 18.1 Å². The second-order valence-electron chi connectivity index (χ2n) is 8.80. The Balaban J connectivity index is 2.14. The van der Waals surface area contributed by atoms with E-state index >= 15 is 0 Å². The van der Waals surface area contributed by atoms with Gasteiger partial charge in [-0.05, 0) is 55.6 Å². The van der Waals surface area contributed by atoms with Gasteiger partial charge >= 0.3 is 5.97 Å². The SMILES string of the molecule is CSc1ccc(Oc2cc(O[C@@H](C)CO[Si](C)(C)C(C)(C)C)cc(C(=O)[OH2+])c2)cc1. The number of hydrogen-bond donors (Lipinski definition) is 0. The average Bonchev–Trinajstić information content (AvgIpc) is 2.66. The summed E-state index contributed by atoms with van der Waals surface area (Å²) in [6, 6.07) is 12.5. The molecule has 0 aliphatic heterocycles. The lowest BCUT2D eigenvalue weighted by Gasteiger charge is -2.36. The number of rotatable bonds is 9. The standard InChI is InChI=1S/C23H32O5SSi/c1-16(15-26-30(6,7)23(2,3)4)27-19-12-17(22(24)25)13-20(14-19)28-18-8-10-21(29-5)11-9-18/h8-14,16H,15H2,1-7H3,(H,24,25)/p+1/t16-/m0/s1. The lowest BCUT2D eigenvalue weighted by molar-refractivity contribution is 0.0695. The van der Waals surface area contributed by atoms with Gasteiger partial charge in [-0.3, -0.25) is 0 Å². The van der Waals surface area contributed by atoms with E-state index in [2.05, 4.69) is 33.9 Å². The molecule has 30 heavy (non-hydrogen) atoms. The molecule has 2 N–H and O–H groups in total. The van der Waals surface area contributed by atoms with E-state index in [0.29, 0.717) is 23.9 Å². The minimum atomic E-state index is -1.87. The monoisotopic (exact) mass is 449 g/mol. The fraction of sp³-hybridized carbons (Fsp3) is 0.435. The maximum absolute atomic E-state index is 11.7. The zero-order chi connectivity index (χ0) is 22.5. The van der Waals surface area contributed by atoms with Gasteiger partial charge in [0.05, 0.1) is 6.61 Å². The third-order valence-corrected chi connectivity index (χ3v) is 10.5. The van der Waals surface area contributed by atoms with Crippen LogP contribution in [0.3, 0.4) is 0 Å². The molecule has 0 amide bonds. The molecule has 164 valence electrons. The van der Waals surface area contributed by atoms with Gasteiger partial charge in [0.15, 0.2) is 8.32 Å². The molecule has 0 aliphatic carbocycles. The Morgan fingerprint density at radius 2 is 1.67 bits per heavy atom. The van der Waals surface area contributed by atoms with E-state index in [-0.39, 0.29) is 16.7 Å². The van der Waals surface area contributed by atoms with Crippen molar-refractivity contribution in [3.63, 3.8) is 0 Å². The molecule has 0 heterocycles. The molecule has 2 rings (SSSR count). The van der Waals surface area contributed by atoms with Crippen LogP contribution in [0.15, 0.2) is 47.4 Å². The van der Waals surface area contributed by atoms with E-state index in [1.54, 1.807) is 30.0 Å². The molecular formula is C23H33O5SSi+. The molecule has 0 aromatic heterocycles. The van der Waals surface area contributed by atoms with E-state index in [0.717, 1.165) is 4.90 Å². The first kappa shape index (κ1) is 24.3. The molecule has 0 saturated heterocycles. The summed E-state index contributed by atoms with van der Waals surface area (Å²) in [6.07, 6.45) is 1.81. The predicted molar refractivity (Wildman–Crippen MR) is 126 cm³/mol. The number of benzene rings is 2. The molecule has 0 radical (unpaired) electrons. The highest BCUT2D eigenvalue weighted by atomic mass is 32.2. The zero-order valence-electron chi connectivity index (χ0n) is 18.9. The van der Waals surface area contributed by atoms with Gasteiger partial charge in [0.25, 0.3) is 0 Å². The van der Waals surface area contributed by atoms with Crippen molar-refractivity contribution in [2.45, 2.75) is 56.8 Å². The van der Waals surface area contributed by atoms with Crippen LogP contribution in [0.1, 0.15) is 38.1 Å². The average molecular weight is 450 g/mol. The van der Waals surface area contributed by atoms with Gasteiger partial charge in [0.2, 0.25) is 0 Å². The van der Waals surface area contributed by atoms with Crippen LogP contribution < -0.4 is 9.47 Å². The van der Waals surface area contributed by atoms with Crippen molar-refractivity contribution in [1.82, 2.24) is 0 Å². The molecule has 7 heteroatoms. The largest absolute Gasteiger partial charge is 0.561 e. The lowest BCUT2D eigenvalue weighted by Crippen LogP contribution is -2.43. The molecule has 5 nitrogen and oxygen atoms in total. The van der Waals surface area contributed by atoms with Crippen LogP contribution in [0, 0.1) is 0 Å². The van der Waals surface area contributed by atoms with Crippen molar-refractivity contribution < 1.29 is 23.8 Å². The van der Waals surface area contributed by atoms with E-state index in [1.807, 2.05) is 37.4 Å². The van der Waals surface area contributed by atoms with Crippen molar-refractivity contribution in [2.24, 2.45) is 0 Å². The molecule has 0 fully saturated rings. The maximum Gasteiger partial charge on any atom is 0.549 e. The van der Waals surface area contributed by atoms with Crippen molar-refractivity contribution in [2.75, 3.05) is 12.9 Å². The number of thioether (sulfide) groups is 1. The van der Waals surface area contributed by atoms with Crippen LogP contribution in [0.4, 0.5) is 0 Å². The molecule has 0 unspecified atom stereocenters. The normalized spacial score (nSPS) is 13.0. The number of carbonyl (C=O) groups excluding carboxylic acids is 1. The summed E-state index contributed by atoms with van der Waals surface area (Å²) in [6.45, 7) is 13.4. The zero-order valence-corrected chi connectivity index (χ0v) is 20.7. The lowest BCUT2D eigenvalue weighted by atomic mass is 10.2. The fourth-order valence-corrected chi connectivity index (χ4v) is 3.91. The summed E-state index contributed by atoms with van der Waals surface area (Å²) in [5.41, 5.74) is 0.223. The van der Waals surface area contributed by atoms with E-state index in [9.17, 15) is 4.79 Å². The number of hydrogen-bond acceptors (Lipinski definition) is 5. The number of ether oxygens (including phenoxy) is 2. The van der Waals surface area contributed by atoms with Gasteiger partial charge in [-0.15, -0.1) is 11.8 Å². The van der Waals surface area contributed by atoms with E-state index < -0.39 is 14.3 Å². The van der Waals surface area contributed by atoms with Gasteiger partial charge in [-0.25, -0.2) is 0 Å². The minimum absolute atomic E-state index is 0.122. The molecule has 2 aromatic rings. The molecule has 0 saturated carbocycles. The highest BCUT2D eigenvalue weighted by Crippen LogP contribution is 2.36. The molecule has 2 aromatic carbocycles. The topological polar surface area (TPSA) is 67.7 Å². The van der Waals surface area contributed by atoms with Crippen molar-refractivity contribution >= 4 is 26.0 Å². The Bertz CT molecular complexity index is 859. The van der Waals surface area contributed by atoms with Crippen LogP contribution in [-0.2, 0) is 4.43 Å². The maximum atomic E-state index is 11.7. The summed E-state index contributed by atoms with van der Waals surface area (Å²) in [5, 5.41) is 7.61. The van der Waals surface area contributed by atoms with Gasteiger partial charge in [0, 0.05) is 27.9 Å². The first-order valence-electron chi connectivity index (χ1n) is 9.95. The van der Waals surface area contributed by atoms with Gasteiger partial charge in [-0.2, -0.15) is 0 Å². The van der Waals surface area contributed by atoms with Crippen LogP contribution in [0.5, 0.6) is 17.2 Å². The van der Waals surface area contributed by atoms with Crippen molar-refractivity contribution in [3.05, 3.63) is 48.0 Å². The number of carbonyl (C=O) groups is 1. The third-order valence-electron chi connectivity index (χ3n) is 5.26. The smallest absolute Gasteiger partial charge is 0.549 e. The van der Waals surface area contributed by atoms with Gasteiger partial charge in [-0.1, -0.05) is 20.8 Å². The second kappa shape index (κ2) is 9.90. The fourth-order valence-electron chi connectivity index (χ4n) is 2.42. The van der Waals surface area contributed by atoms with Crippen LogP contribution in [0.25, 0.3) is 0 Å². The summed E-state index contributed by atoms with van der Waals surface area (Å²) in [4.78, 5) is 12.8. The Labute approximate surface area is 184 Å². The van der Waals surface area contributed by atoms with Gasteiger partial charge in [0.1, 0.15) is 28.9 Å². The highest BCUT2D eigenvalue weighted by Gasteiger charge is 2.37. The van der Waals surface area contributed by atoms with Crippen molar-refractivity contribution in [3.8, 4) is 17.2 Å². The van der Waals surface area contributed by atoms with Crippen LogP contribution >= 0.6 is 11.8 Å². The third kappa shape index (κ3) is 6.79. The Morgan fingerprint density at radius 1 is 1.07 bits per heavy atom. The van der Waals surface area contributed by atoms with E-state index in [4.69, 9.17) is 19.0 Å². The summed E-state index contributed by atoms with van der Waals surface area (Å²) >= 11 is 1.65. The molecular weight excluding hydrogens is 416 g/mol. The molecule has 0 bridgehead atoms. The first-order chi connectivity index (χ1) is 13.9. The Morgan fingerprint density at radius 3 is 2.20 bits per heavy atom. The molecule has 0 spiro atoms. The molecule has 0 aliphatic rings. The summed E-state index contributed by atoms with van der Waals surface area (Å²) < 4.78 is 18.1. The summed E-state index contributed by atoms with van der Waals surface area (Å²) in [7, 11) is -1.87. The highest BCUT2D eigenvalue weighted by molar-refractivity contribution is 7.98. The minimum Gasteiger partial charge on any atom is -0.561 e. The second-order valence-corrected chi connectivity index (χ2v) is 14.5. The molecule has 1 atom stereocenters. The Hall–Kier alpha value is -1.96. The van der Waals surface area contributed by atoms with Gasteiger partial charge < -0.3 is 19.0 Å². The summed E-state index contributed by atoms with van der Waals surface area (Å²) in [5.74, 6) is 0.809. The quantitative estimate of drug-likeness (QED) is 0.273. The predicted octanol–water partition coefficient (Wildman–Crippen LogP) is 5.85. The Kier molecular flexibility index (Phi) is 8.02.